The molecule has 1 aromatic rings. The van der Waals surface area contributed by atoms with E-state index in [1.54, 1.807) is 6.92 Å². The van der Waals surface area contributed by atoms with Gasteiger partial charge in [-0.25, -0.2) is 0 Å². The van der Waals surface area contributed by atoms with Gasteiger partial charge in [-0.3, -0.25) is 4.79 Å². The number of hydrogen-bond donors (Lipinski definition) is 0. The Morgan fingerprint density at radius 3 is 2.71 bits per heavy atom. The van der Waals surface area contributed by atoms with E-state index < -0.39 is 0 Å². The van der Waals surface area contributed by atoms with E-state index in [4.69, 9.17) is 4.74 Å². The first-order valence-electron chi connectivity index (χ1n) is 4.95. The van der Waals surface area contributed by atoms with Crippen molar-refractivity contribution in [2.75, 3.05) is 0 Å². The van der Waals surface area contributed by atoms with Gasteiger partial charge in [-0.1, -0.05) is 11.6 Å². The molecule has 0 amide bonds. The number of Topliss-reactive ketones (excluding diaryl/α,β-unsaturated/α-hetero) is 1. The minimum absolute atomic E-state index is 0.0735. The van der Waals surface area contributed by atoms with E-state index in [1.165, 1.54) is 0 Å². The summed E-state index contributed by atoms with van der Waals surface area (Å²) in [6.45, 7) is 3.56. The zero-order valence-corrected chi connectivity index (χ0v) is 8.54. The van der Waals surface area contributed by atoms with Crippen LogP contribution in [0.3, 0.4) is 0 Å². The molecule has 14 heavy (non-hydrogen) atoms. The van der Waals surface area contributed by atoms with Gasteiger partial charge in [0.1, 0.15) is 5.75 Å². The molecule has 0 aromatic heterocycles. The summed E-state index contributed by atoms with van der Waals surface area (Å²) in [5, 5.41) is 0. The maximum absolute atomic E-state index is 11.3. The van der Waals surface area contributed by atoms with Gasteiger partial charge >= 0.3 is 0 Å². The first kappa shape index (κ1) is 9.25. The number of rotatable bonds is 3. The molecular formula is C12H14O2. The molecule has 0 heterocycles. The smallest absolute Gasteiger partial charge is 0.163 e. The average molecular weight is 190 g/mol. The summed E-state index contributed by atoms with van der Waals surface area (Å²) in [6.07, 6.45) is 2.58. The molecular weight excluding hydrogens is 176 g/mol. The quantitative estimate of drug-likeness (QED) is 0.685. The molecule has 0 N–H and O–H groups in total. The lowest BCUT2D eigenvalue weighted by molar-refractivity contribution is 0.101. The fourth-order valence-electron chi connectivity index (χ4n) is 1.39. The molecule has 0 radical (unpaired) electrons. The summed E-state index contributed by atoms with van der Waals surface area (Å²) >= 11 is 0. The van der Waals surface area contributed by atoms with Crippen LogP contribution in [-0.2, 0) is 0 Å². The first-order chi connectivity index (χ1) is 6.66. The number of ketones is 1. The van der Waals surface area contributed by atoms with Crippen LogP contribution in [0.1, 0.15) is 35.7 Å². The van der Waals surface area contributed by atoms with Crippen LogP contribution in [0.5, 0.6) is 5.75 Å². The first-order valence-corrected chi connectivity index (χ1v) is 4.95. The van der Waals surface area contributed by atoms with E-state index in [1.807, 2.05) is 25.1 Å². The lowest BCUT2D eigenvalue weighted by Crippen LogP contribution is -2.03. The highest BCUT2D eigenvalue weighted by molar-refractivity contribution is 5.97. The molecule has 0 unspecified atom stereocenters. The molecule has 0 atom stereocenters. The highest BCUT2D eigenvalue weighted by atomic mass is 16.5. The van der Waals surface area contributed by atoms with E-state index in [0.717, 1.165) is 24.2 Å². The van der Waals surface area contributed by atoms with Crippen molar-refractivity contribution in [2.45, 2.75) is 32.8 Å². The average Bonchev–Trinajstić information content (AvgIpc) is 2.91. The van der Waals surface area contributed by atoms with Crippen molar-refractivity contribution in [1.29, 1.82) is 0 Å². The fourth-order valence-corrected chi connectivity index (χ4v) is 1.39. The molecule has 0 saturated heterocycles. The predicted octanol–water partition coefficient (Wildman–Crippen LogP) is 2.74. The normalized spacial score (nSPS) is 15.3. The molecule has 0 spiro atoms. The predicted molar refractivity (Wildman–Crippen MR) is 54.8 cm³/mol. The number of carbonyl (C=O) groups excluding carboxylic acids is 1. The Labute approximate surface area is 83.9 Å². The standard InChI is InChI=1S/C12H14O2/c1-8-3-6-12(14-10-4-5-10)11(7-8)9(2)13/h3,6-7,10H,4-5H2,1-2H3. The van der Waals surface area contributed by atoms with Gasteiger partial charge in [0, 0.05) is 0 Å². The van der Waals surface area contributed by atoms with Crippen LogP contribution >= 0.6 is 0 Å². The van der Waals surface area contributed by atoms with Crippen molar-refractivity contribution < 1.29 is 9.53 Å². The van der Waals surface area contributed by atoms with Crippen molar-refractivity contribution in [3.63, 3.8) is 0 Å². The Morgan fingerprint density at radius 2 is 2.14 bits per heavy atom. The zero-order valence-electron chi connectivity index (χ0n) is 8.54. The van der Waals surface area contributed by atoms with Crippen molar-refractivity contribution >= 4 is 5.78 Å². The Hall–Kier alpha value is -1.31. The maximum Gasteiger partial charge on any atom is 0.163 e. The lowest BCUT2D eigenvalue weighted by Gasteiger charge is -2.09. The molecule has 0 bridgehead atoms. The fraction of sp³-hybridized carbons (Fsp3) is 0.417. The van der Waals surface area contributed by atoms with Crippen molar-refractivity contribution in [3.8, 4) is 5.75 Å². The molecule has 1 aliphatic rings. The van der Waals surface area contributed by atoms with Crippen LogP contribution in [0.15, 0.2) is 18.2 Å². The van der Waals surface area contributed by atoms with Gasteiger partial charge in [0.15, 0.2) is 5.78 Å². The second-order valence-electron chi connectivity index (χ2n) is 3.87. The van der Waals surface area contributed by atoms with Gasteiger partial charge in [-0.15, -0.1) is 0 Å². The molecule has 2 nitrogen and oxygen atoms in total. The third-order valence-electron chi connectivity index (χ3n) is 2.33. The van der Waals surface area contributed by atoms with Crippen LogP contribution in [0.25, 0.3) is 0 Å². The minimum Gasteiger partial charge on any atom is -0.490 e. The molecule has 1 fully saturated rings. The van der Waals surface area contributed by atoms with E-state index in [9.17, 15) is 4.79 Å². The van der Waals surface area contributed by atoms with E-state index >= 15 is 0 Å². The van der Waals surface area contributed by atoms with Gasteiger partial charge in [-0.2, -0.15) is 0 Å². The molecule has 1 aromatic carbocycles. The van der Waals surface area contributed by atoms with Crippen molar-refractivity contribution in [3.05, 3.63) is 29.3 Å². The number of ether oxygens (including phenoxy) is 1. The van der Waals surface area contributed by atoms with Crippen LogP contribution in [0.4, 0.5) is 0 Å². The van der Waals surface area contributed by atoms with Gasteiger partial charge < -0.3 is 4.74 Å². The third-order valence-corrected chi connectivity index (χ3v) is 2.33. The molecule has 0 aliphatic heterocycles. The summed E-state index contributed by atoms with van der Waals surface area (Å²) in [7, 11) is 0. The SMILES string of the molecule is CC(=O)c1cc(C)ccc1OC1CC1. The molecule has 74 valence electrons. The summed E-state index contributed by atoms with van der Waals surface area (Å²) in [6, 6.07) is 5.76. The number of hydrogen-bond acceptors (Lipinski definition) is 2. The number of benzene rings is 1. The Bertz CT molecular complexity index is 365. The second kappa shape index (κ2) is 3.45. The minimum atomic E-state index is 0.0735. The summed E-state index contributed by atoms with van der Waals surface area (Å²) < 4.78 is 5.65. The largest absolute Gasteiger partial charge is 0.490 e. The second-order valence-corrected chi connectivity index (χ2v) is 3.87. The van der Waals surface area contributed by atoms with Gasteiger partial charge in [0.25, 0.3) is 0 Å². The van der Waals surface area contributed by atoms with E-state index in [0.29, 0.717) is 11.7 Å². The maximum atomic E-state index is 11.3. The van der Waals surface area contributed by atoms with E-state index in [-0.39, 0.29) is 5.78 Å². The van der Waals surface area contributed by atoms with Crippen LogP contribution in [-0.4, -0.2) is 11.9 Å². The Kier molecular flexibility index (Phi) is 2.28. The van der Waals surface area contributed by atoms with Crippen LogP contribution in [0, 0.1) is 6.92 Å². The topological polar surface area (TPSA) is 26.3 Å². The monoisotopic (exact) mass is 190 g/mol. The summed E-state index contributed by atoms with van der Waals surface area (Å²) in [4.78, 5) is 11.3. The van der Waals surface area contributed by atoms with Gasteiger partial charge in [0.05, 0.1) is 11.7 Å². The highest BCUT2D eigenvalue weighted by Crippen LogP contribution is 2.29. The summed E-state index contributed by atoms with van der Waals surface area (Å²) in [5.74, 6) is 0.815. The van der Waals surface area contributed by atoms with Crippen LogP contribution < -0.4 is 4.74 Å². The number of aryl methyl sites for hydroxylation is 1. The van der Waals surface area contributed by atoms with Crippen molar-refractivity contribution in [1.82, 2.24) is 0 Å². The lowest BCUT2D eigenvalue weighted by atomic mass is 10.1. The zero-order chi connectivity index (χ0) is 10.1. The van der Waals surface area contributed by atoms with Gasteiger partial charge in [-0.05, 0) is 38.8 Å². The summed E-state index contributed by atoms with van der Waals surface area (Å²) in [5.41, 5.74) is 1.80. The van der Waals surface area contributed by atoms with Crippen molar-refractivity contribution in [2.24, 2.45) is 0 Å². The molecule has 2 rings (SSSR count). The Balaban J connectivity index is 2.31. The third kappa shape index (κ3) is 1.95. The van der Waals surface area contributed by atoms with E-state index in [2.05, 4.69) is 0 Å². The Morgan fingerprint density at radius 1 is 1.43 bits per heavy atom. The van der Waals surface area contributed by atoms with Gasteiger partial charge in [0.2, 0.25) is 0 Å². The molecule has 1 aliphatic carbocycles. The highest BCUT2D eigenvalue weighted by Gasteiger charge is 2.25. The number of carbonyl (C=O) groups is 1. The molecule has 2 heteroatoms. The molecule has 1 saturated carbocycles. The van der Waals surface area contributed by atoms with Crippen LogP contribution in [0.2, 0.25) is 0 Å².